The third kappa shape index (κ3) is 0.808. The van der Waals surface area contributed by atoms with Crippen molar-refractivity contribution in [2.45, 2.75) is 31.6 Å². The van der Waals surface area contributed by atoms with E-state index in [0.717, 1.165) is 19.1 Å². The van der Waals surface area contributed by atoms with Crippen LogP contribution >= 0.6 is 0 Å². The van der Waals surface area contributed by atoms with Crippen molar-refractivity contribution in [2.24, 2.45) is 11.3 Å². The Hall–Kier alpha value is -0.820. The van der Waals surface area contributed by atoms with Gasteiger partial charge in [-0.2, -0.15) is 0 Å². The second kappa shape index (κ2) is 2.70. The molecule has 0 N–H and O–H groups in total. The summed E-state index contributed by atoms with van der Waals surface area (Å²) in [7, 11) is 0. The summed E-state index contributed by atoms with van der Waals surface area (Å²) in [6.07, 6.45) is 3.92. The first-order valence-corrected chi connectivity index (χ1v) is 6.42. The normalized spacial score (nSPS) is 44.2. The summed E-state index contributed by atoms with van der Waals surface area (Å²) >= 11 is 0. The predicted octanol–water partition coefficient (Wildman–Crippen LogP) is 2.93. The quantitative estimate of drug-likeness (QED) is 0.645. The van der Waals surface area contributed by atoms with Gasteiger partial charge in [0, 0.05) is 17.4 Å². The van der Waals surface area contributed by atoms with Crippen LogP contribution in [-0.4, -0.2) is 13.2 Å². The Morgan fingerprint density at radius 2 is 2.19 bits per heavy atom. The molecule has 1 nitrogen and oxygen atoms in total. The second-order valence-corrected chi connectivity index (χ2v) is 6.06. The van der Waals surface area contributed by atoms with Crippen LogP contribution < -0.4 is 0 Å². The molecule has 3 atom stereocenters. The van der Waals surface area contributed by atoms with Crippen LogP contribution in [0.4, 0.5) is 0 Å². The third-order valence-electron chi connectivity index (χ3n) is 5.62. The lowest BCUT2D eigenvalue weighted by Crippen LogP contribution is -2.62. The van der Waals surface area contributed by atoms with Crippen molar-refractivity contribution in [1.82, 2.24) is 0 Å². The van der Waals surface area contributed by atoms with Crippen LogP contribution in [-0.2, 0) is 16.6 Å². The van der Waals surface area contributed by atoms with Crippen molar-refractivity contribution in [1.29, 1.82) is 0 Å². The highest BCUT2D eigenvalue weighted by molar-refractivity contribution is 5.47. The number of ether oxygens (including phenoxy) is 1. The molecule has 1 heterocycles. The molecule has 84 valence electrons. The van der Waals surface area contributed by atoms with Crippen molar-refractivity contribution >= 4 is 0 Å². The van der Waals surface area contributed by atoms with Crippen molar-refractivity contribution in [3.63, 3.8) is 0 Å². The van der Waals surface area contributed by atoms with Crippen LogP contribution in [0, 0.1) is 11.3 Å². The Labute approximate surface area is 96.8 Å². The van der Waals surface area contributed by atoms with E-state index in [9.17, 15) is 0 Å². The highest BCUT2D eigenvalue weighted by atomic mass is 16.5. The molecule has 1 saturated carbocycles. The molecule has 0 amide bonds. The molecule has 1 heteroatoms. The van der Waals surface area contributed by atoms with Gasteiger partial charge in [0.25, 0.3) is 0 Å². The molecule has 16 heavy (non-hydrogen) atoms. The van der Waals surface area contributed by atoms with Crippen LogP contribution in [0.1, 0.15) is 30.9 Å². The van der Waals surface area contributed by atoms with E-state index in [1.54, 1.807) is 11.1 Å². The fraction of sp³-hybridized carbons (Fsp3) is 0.600. The van der Waals surface area contributed by atoms with Gasteiger partial charge in [-0.15, -0.1) is 0 Å². The fourth-order valence-corrected chi connectivity index (χ4v) is 4.67. The fourth-order valence-electron chi connectivity index (χ4n) is 4.67. The Bertz CT molecular complexity index is 453. The summed E-state index contributed by atoms with van der Waals surface area (Å²) in [6.45, 7) is 4.44. The van der Waals surface area contributed by atoms with Crippen LogP contribution in [0.15, 0.2) is 24.3 Å². The highest BCUT2D eigenvalue weighted by Gasteiger charge is 2.67. The molecule has 2 aliphatic carbocycles. The van der Waals surface area contributed by atoms with E-state index in [-0.39, 0.29) is 0 Å². The maximum Gasteiger partial charge on any atom is 0.0536 e. The van der Waals surface area contributed by atoms with E-state index in [4.69, 9.17) is 4.74 Å². The molecule has 4 rings (SSSR count). The molecule has 1 aromatic rings. The number of hydrogen-bond donors (Lipinski definition) is 0. The van der Waals surface area contributed by atoms with Crippen LogP contribution in [0.3, 0.4) is 0 Å². The van der Waals surface area contributed by atoms with E-state index in [0.29, 0.717) is 10.8 Å². The van der Waals surface area contributed by atoms with Crippen LogP contribution in [0.25, 0.3) is 0 Å². The van der Waals surface area contributed by atoms with Gasteiger partial charge in [-0.3, -0.25) is 0 Å². The number of benzene rings is 1. The summed E-state index contributed by atoms with van der Waals surface area (Å²) in [4.78, 5) is 0. The molecule has 2 fully saturated rings. The van der Waals surface area contributed by atoms with Gasteiger partial charge in [-0.1, -0.05) is 31.2 Å². The second-order valence-electron chi connectivity index (χ2n) is 6.06. The summed E-state index contributed by atoms with van der Waals surface area (Å²) in [5.74, 6) is 0.915. The van der Waals surface area contributed by atoms with E-state index in [1.807, 2.05) is 0 Å². The Balaban J connectivity index is 1.86. The van der Waals surface area contributed by atoms with Gasteiger partial charge in [0.15, 0.2) is 0 Å². The SMILES string of the molecule is C[C@]12C[C@@H]3CCOC[C@@]31Cc1ccccc12. The van der Waals surface area contributed by atoms with Gasteiger partial charge < -0.3 is 4.74 Å². The van der Waals surface area contributed by atoms with Gasteiger partial charge in [-0.05, 0) is 36.3 Å². The maximum absolute atomic E-state index is 5.80. The molecule has 0 bridgehead atoms. The first-order valence-electron chi connectivity index (χ1n) is 6.42. The average Bonchev–Trinajstić information content (AvgIpc) is 2.47. The molecule has 1 saturated heterocycles. The lowest BCUT2D eigenvalue weighted by molar-refractivity contribution is -0.162. The lowest BCUT2D eigenvalue weighted by Gasteiger charge is -2.62. The largest absolute Gasteiger partial charge is 0.381 e. The topological polar surface area (TPSA) is 9.23 Å². The van der Waals surface area contributed by atoms with Gasteiger partial charge in [0.05, 0.1) is 6.61 Å². The van der Waals surface area contributed by atoms with Crippen molar-refractivity contribution in [3.8, 4) is 0 Å². The zero-order valence-corrected chi connectivity index (χ0v) is 9.83. The van der Waals surface area contributed by atoms with Crippen molar-refractivity contribution < 1.29 is 4.74 Å². The number of hydrogen-bond acceptors (Lipinski definition) is 1. The minimum atomic E-state index is 0.411. The molecular weight excluding hydrogens is 196 g/mol. The summed E-state index contributed by atoms with van der Waals surface area (Å²) in [6, 6.07) is 9.04. The maximum atomic E-state index is 5.80. The zero-order valence-electron chi connectivity index (χ0n) is 9.83. The molecule has 1 spiro atoms. The summed E-state index contributed by atoms with van der Waals surface area (Å²) in [5.41, 5.74) is 4.05. The highest BCUT2D eigenvalue weighted by Crippen LogP contribution is 2.69. The van der Waals surface area contributed by atoms with Crippen molar-refractivity contribution in [2.75, 3.05) is 13.2 Å². The minimum Gasteiger partial charge on any atom is -0.381 e. The Kier molecular flexibility index (Phi) is 1.56. The Morgan fingerprint density at radius 1 is 1.31 bits per heavy atom. The number of fused-ring (bicyclic) bond motifs is 2. The standard InChI is InChI=1S/C15H18O/c1-14-9-12-6-7-16-10-15(12,14)8-11-4-2-3-5-13(11)14/h2-5,12H,6-10H2,1H3/t12-,14+,15-/m0/s1. The molecule has 0 radical (unpaired) electrons. The van der Waals surface area contributed by atoms with E-state index < -0.39 is 0 Å². The number of rotatable bonds is 0. The molecule has 1 aromatic carbocycles. The molecule has 0 aromatic heterocycles. The van der Waals surface area contributed by atoms with Crippen LogP contribution in [0.2, 0.25) is 0 Å². The Morgan fingerprint density at radius 3 is 3.06 bits per heavy atom. The minimum absolute atomic E-state index is 0.411. The summed E-state index contributed by atoms with van der Waals surface area (Å²) in [5, 5.41) is 0. The monoisotopic (exact) mass is 214 g/mol. The van der Waals surface area contributed by atoms with Crippen molar-refractivity contribution in [3.05, 3.63) is 35.4 Å². The third-order valence-corrected chi connectivity index (χ3v) is 5.62. The molecule has 3 aliphatic rings. The lowest BCUT2D eigenvalue weighted by atomic mass is 9.44. The van der Waals surface area contributed by atoms with E-state index >= 15 is 0 Å². The van der Waals surface area contributed by atoms with Gasteiger partial charge in [0.1, 0.15) is 0 Å². The van der Waals surface area contributed by atoms with E-state index in [2.05, 4.69) is 31.2 Å². The van der Waals surface area contributed by atoms with Gasteiger partial charge in [0.2, 0.25) is 0 Å². The van der Waals surface area contributed by atoms with Gasteiger partial charge in [-0.25, -0.2) is 0 Å². The predicted molar refractivity (Wildman–Crippen MR) is 63.5 cm³/mol. The zero-order chi connectivity index (χ0) is 10.8. The van der Waals surface area contributed by atoms with Gasteiger partial charge >= 0.3 is 0 Å². The first-order chi connectivity index (χ1) is 7.76. The summed E-state index contributed by atoms with van der Waals surface area (Å²) < 4.78 is 5.80. The molecule has 0 unspecified atom stereocenters. The molecule has 1 aliphatic heterocycles. The molecular formula is C15H18O. The van der Waals surface area contributed by atoms with E-state index in [1.165, 1.54) is 19.3 Å². The average molecular weight is 214 g/mol. The smallest absolute Gasteiger partial charge is 0.0536 e. The first kappa shape index (κ1) is 9.23. The van der Waals surface area contributed by atoms with Crippen LogP contribution in [0.5, 0.6) is 0 Å².